The number of hydrogen-bond acceptors (Lipinski definition) is 5. The van der Waals surface area contributed by atoms with Crippen LogP contribution in [0.4, 0.5) is 5.69 Å². The van der Waals surface area contributed by atoms with E-state index in [2.05, 4.69) is 0 Å². The molecule has 0 fully saturated rings. The van der Waals surface area contributed by atoms with E-state index < -0.39 is 16.0 Å². The first-order chi connectivity index (χ1) is 10.2. The largest absolute Gasteiger partial charge is 0.458 e. The molecule has 1 heterocycles. The molecule has 0 radical (unpaired) electrons. The van der Waals surface area contributed by atoms with Crippen LogP contribution in [0.15, 0.2) is 41.4 Å². The summed E-state index contributed by atoms with van der Waals surface area (Å²) in [6.45, 7) is 3.35. The quantitative estimate of drug-likeness (QED) is 0.681. The smallest absolute Gasteiger partial charge is 0.356 e. The highest BCUT2D eigenvalue weighted by molar-refractivity contribution is 7.90. The van der Waals surface area contributed by atoms with Crippen LogP contribution in [-0.2, 0) is 14.8 Å². The SMILES string of the molecule is CC(C)OC(=O)c1cccn1S(=O)(=O)c1cc(Cl)ccc1N. The zero-order valence-corrected chi connectivity index (χ0v) is 13.6. The first-order valence-electron chi connectivity index (χ1n) is 6.42. The van der Waals surface area contributed by atoms with Crippen LogP contribution in [0, 0.1) is 0 Å². The number of rotatable bonds is 4. The van der Waals surface area contributed by atoms with Crippen molar-refractivity contribution in [2.75, 3.05) is 5.73 Å². The molecule has 22 heavy (non-hydrogen) atoms. The maximum absolute atomic E-state index is 12.7. The van der Waals surface area contributed by atoms with Gasteiger partial charge in [0.15, 0.2) is 0 Å². The second kappa shape index (κ2) is 6.02. The summed E-state index contributed by atoms with van der Waals surface area (Å²) < 4.78 is 31.3. The van der Waals surface area contributed by atoms with Crippen LogP contribution < -0.4 is 5.73 Å². The summed E-state index contributed by atoms with van der Waals surface area (Å²) in [5.74, 6) is -0.732. The third-order valence-electron chi connectivity index (χ3n) is 2.78. The van der Waals surface area contributed by atoms with Crippen molar-refractivity contribution in [1.29, 1.82) is 0 Å². The Morgan fingerprint density at radius 2 is 2.00 bits per heavy atom. The Balaban J connectivity index is 2.54. The third-order valence-corrected chi connectivity index (χ3v) is 4.76. The van der Waals surface area contributed by atoms with Crippen molar-refractivity contribution in [2.45, 2.75) is 24.8 Å². The van der Waals surface area contributed by atoms with Crippen molar-refractivity contribution < 1.29 is 17.9 Å². The number of anilines is 1. The van der Waals surface area contributed by atoms with Crippen LogP contribution in [0.25, 0.3) is 0 Å². The second-order valence-corrected chi connectivity index (χ2v) is 7.05. The maximum atomic E-state index is 12.7. The minimum absolute atomic E-state index is 0.0428. The number of carbonyl (C=O) groups excluding carboxylic acids is 1. The molecule has 0 aliphatic carbocycles. The van der Waals surface area contributed by atoms with Crippen molar-refractivity contribution >= 4 is 33.3 Å². The molecule has 1 aromatic carbocycles. The number of carbonyl (C=O) groups is 1. The van der Waals surface area contributed by atoms with Gasteiger partial charge in [-0.15, -0.1) is 0 Å². The van der Waals surface area contributed by atoms with Crippen LogP contribution in [0.2, 0.25) is 5.02 Å². The van der Waals surface area contributed by atoms with E-state index in [0.717, 1.165) is 3.97 Å². The van der Waals surface area contributed by atoms with Crippen LogP contribution in [0.5, 0.6) is 0 Å². The average molecular weight is 343 g/mol. The van der Waals surface area contributed by atoms with Crippen molar-refractivity contribution in [2.24, 2.45) is 0 Å². The molecule has 0 aliphatic heterocycles. The van der Waals surface area contributed by atoms with Gasteiger partial charge in [-0.25, -0.2) is 17.2 Å². The average Bonchev–Trinajstić information content (AvgIpc) is 2.90. The number of aromatic nitrogens is 1. The van der Waals surface area contributed by atoms with Crippen molar-refractivity contribution in [1.82, 2.24) is 3.97 Å². The number of benzene rings is 1. The fraction of sp³-hybridized carbons (Fsp3) is 0.214. The summed E-state index contributed by atoms with van der Waals surface area (Å²) in [5, 5.41) is 0.228. The minimum atomic E-state index is -4.05. The van der Waals surface area contributed by atoms with Gasteiger partial charge in [0.1, 0.15) is 10.6 Å². The van der Waals surface area contributed by atoms with Gasteiger partial charge in [-0.2, -0.15) is 0 Å². The lowest BCUT2D eigenvalue weighted by atomic mass is 10.3. The van der Waals surface area contributed by atoms with E-state index in [0.29, 0.717) is 0 Å². The zero-order chi connectivity index (χ0) is 16.5. The number of nitrogen functional groups attached to an aromatic ring is 1. The molecule has 0 atom stereocenters. The van der Waals surface area contributed by atoms with Gasteiger partial charge in [0.2, 0.25) is 0 Å². The van der Waals surface area contributed by atoms with E-state index in [1.807, 2.05) is 0 Å². The van der Waals surface area contributed by atoms with Crippen LogP contribution in [0.1, 0.15) is 24.3 Å². The molecule has 0 spiro atoms. The Bertz CT molecular complexity index is 812. The number of esters is 1. The number of nitrogens with zero attached hydrogens (tertiary/aromatic N) is 1. The Labute approximate surface area is 133 Å². The molecule has 6 nitrogen and oxygen atoms in total. The van der Waals surface area contributed by atoms with E-state index >= 15 is 0 Å². The van der Waals surface area contributed by atoms with Crippen LogP contribution in [-0.4, -0.2) is 24.5 Å². The van der Waals surface area contributed by atoms with Crippen LogP contribution >= 0.6 is 11.6 Å². The van der Waals surface area contributed by atoms with Gasteiger partial charge in [-0.3, -0.25) is 0 Å². The topological polar surface area (TPSA) is 91.4 Å². The number of ether oxygens (including phenoxy) is 1. The highest BCUT2D eigenvalue weighted by atomic mass is 35.5. The van der Waals surface area contributed by atoms with Gasteiger partial charge in [0, 0.05) is 11.2 Å². The van der Waals surface area contributed by atoms with Gasteiger partial charge in [0.05, 0.1) is 11.8 Å². The summed E-state index contributed by atoms with van der Waals surface area (Å²) in [5.41, 5.74) is 5.66. The van der Waals surface area contributed by atoms with Crippen molar-refractivity contribution in [3.63, 3.8) is 0 Å². The van der Waals surface area contributed by atoms with Gasteiger partial charge in [-0.1, -0.05) is 11.6 Å². The predicted octanol–water partition coefficient (Wildman–Crippen LogP) is 2.53. The summed E-state index contributed by atoms with van der Waals surface area (Å²) in [6, 6.07) is 6.92. The summed E-state index contributed by atoms with van der Waals surface area (Å²) in [4.78, 5) is 11.8. The summed E-state index contributed by atoms with van der Waals surface area (Å²) in [6.07, 6.45) is 0.891. The first kappa shape index (κ1) is 16.4. The van der Waals surface area contributed by atoms with E-state index in [-0.39, 0.29) is 27.4 Å². The molecular weight excluding hydrogens is 328 g/mol. The molecule has 1 aromatic heterocycles. The molecule has 2 rings (SSSR count). The van der Waals surface area contributed by atoms with E-state index in [4.69, 9.17) is 22.1 Å². The number of nitrogens with two attached hydrogens (primary N) is 1. The van der Waals surface area contributed by atoms with E-state index in [1.54, 1.807) is 13.8 Å². The van der Waals surface area contributed by atoms with Crippen molar-refractivity contribution in [3.05, 3.63) is 47.2 Å². The third kappa shape index (κ3) is 3.10. The Hall–Kier alpha value is -1.99. The molecule has 0 saturated heterocycles. The second-order valence-electron chi connectivity index (χ2n) is 4.83. The molecule has 0 aliphatic rings. The van der Waals surface area contributed by atoms with E-state index in [1.165, 1.54) is 36.5 Å². The standard InChI is InChI=1S/C14H15ClN2O4S/c1-9(2)21-14(18)12-4-3-7-17(12)22(19,20)13-8-10(15)5-6-11(13)16/h3-9H,16H2,1-2H3. The highest BCUT2D eigenvalue weighted by Gasteiger charge is 2.26. The van der Waals surface area contributed by atoms with Crippen molar-refractivity contribution in [3.8, 4) is 0 Å². The lowest BCUT2D eigenvalue weighted by Gasteiger charge is -2.13. The Morgan fingerprint density at radius 1 is 1.32 bits per heavy atom. The highest BCUT2D eigenvalue weighted by Crippen LogP contribution is 2.26. The first-order valence-corrected chi connectivity index (χ1v) is 8.24. The maximum Gasteiger partial charge on any atom is 0.356 e. The Kier molecular flexibility index (Phi) is 4.48. The molecule has 118 valence electrons. The van der Waals surface area contributed by atoms with Gasteiger partial charge < -0.3 is 10.5 Å². The summed E-state index contributed by atoms with van der Waals surface area (Å²) in [7, 11) is -4.05. The summed E-state index contributed by atoms with van der Waals surface area (Å²) >= 11 is 5.83. The van der Waals surface area contributed by atoms with Gasteiger partial charge in [-0.05, 0) is 44.2 Å². The molecule has 0 unspecified atom stereocenters. The lowest BCUT2D eigenvalue weighted by Crippen LogP contribution is -2.21. The Morgan fingerprint density at radius 3 is 2.64 bits per heavy atom. The normalized spacial score (nSPS) is 11.6. The molecule has 0 amide bonds. The fourth-order valence-corrected chi connectivity index (χ4v) is 3.56. The van der Waals surface area contributed by atoms with E-state index in [9.17, 15) is 13.2 Å². The van der Waals surface area contributed by atoms with Gasteiger partial charge >= 0.3 is 5.97 Å². The number of halogens is 1. The fourth-order valence-electron chi connectivity index (χ4n) is 1.85. The zero-order valence-electron chi connectivity index (χ0n) is 12.0. The predicted molar refractivity (Wildman–Crippen MR) is 83.4 cm³/mol. The molecule has 0 saturated carbocycles. The molecule has 2 aromatic rings. The van der Waals surface area contributed by atoms with Crippen LogP contribution in [0.3, 0.4) is 0 Å². The molecule has 8 heteroatoms. The molecular formula is C14H15ClN2O4S. The number of hydrogen-bond donors (Lipinski definition) is 1. The monoisotopic (exact) mass is 342 g/mol. The lowest BCUT2D eigenvalue weighted by molar-refractivity contribution is 0.0369. The minimum Gasteiger partial charge on any atom is -0.458 e. The van der Waals surface area contributed by atoms with Gasteiger partial charge in [0.25, 0.3) is 10.0 Å². The molecule has 0 bridgehead atoms. The molecule has 2 N–H and O–H groups in total.